The molecule has 1 saturated heterocycles. The third-order valence-corrected chi connectivity index (χ3v) is 5.49. The van der Waals surface area contributed by atoms with Crippen molar-refractivity contribution in [3.05, 3.63) is 11.8 Å². The van der Waals surface area contributed by atoms with Crippen molar-refractivity contribution >= 4 is 21.5 Å². The van der Waals surface area contributed by atoms with Crippen LogP contribution in [-0.4, -0.2) is 48.8 Å². The lowest BCUT2D eigenvalue weighted by Crippen LogP contribution is -2.68. The van der Waals surface area contributed by atoms with Crippen LogP contribution in [0.4, 0.5) is 0 Å². The maximum Gasteiger partial charge on any atom is 0.260 e. The molecule has 0 saturated carbocycles. The molecule has 0 radical (unpaired) electrons. The zero-order valence-corrected chi connectivity index (χ0v) is 12.9. The lowest BCUT2D eigenvalue weighted by Gasteiger charge is -2.46. The van der Waals surface area contributed by atoms with Crippen LogP contribution in [0.3, 0.4) is 0 Å². The molecule has 0 aromatic rings. The fourth-order valence-corrected chi connectivity index (χ4v) is 4.13. The molecule has 2 rings (SSSR count). The fourth-order valence-electron chi connectivity index (χ4n) is 2.17. The molecule has 112 valence electrons. The topological polar surface area (TPSA) is 80.8 Å². The number of carbonyl (C=O) groups excluding carboxylic acids is 2. The summed E-state index contributed by atoms with van der Waals surface area (Å²) in [6.07, 6.45) is 0.482. The summed E-state index contributed by atoms with van der Waals surface area (Å²) in [5, 5.41) is -0.980. The maximum absolute atomic E-state index is 12.1. The SMILES string of the molecule is CC1=CN2C(=O)[C@H](OCC(=O)C(C)(C)C)[C@@H]2S(=O)(=O)C1. The molecular formula is C13H19NO5S. The van der Waals surface area contributed by atoms with Crippen LogP contribution >= 0.6 is 0 Å². The van der Waals surface area contributed by atoms with Crippen molar-refractivity contribution in [3.63, 3.8) is 0 Å². The quantitative estimate of drug-likeness (QED) is 0.709. The second kappa shape index (κ2) is 4.66. The number of nitrogens with zero attached hydrogens (tertiary/aromatic N) is 1. The summed E-state index contributed by atoms with van der Waals surface area (Å²) in [5.41, 5.74) is 0.0489. The maximum atomic E-state index is 12.1. The second-order valence-corrected chi connectivity index (χ2v) is 8.42. The van der Waals surface area contributed by atoms with Crippen LogP contribution in [0.25, 0.3) is 0 Å². The number of ketones is 1. The number of ether oxygens (including phenoxy) is 1. The molecule has 0 aliphatic carbocycles. The van der Waals surface area contributed by atoms with Crippen LogP contribution in [0.5, 0.6) is 0 Å². The second-order valence-electron chi connectivity index (χ2n) is 6.32. The molecule has 1 amide bonds. The van der Waals surface area contributed by atoms with Gasteiger partial charge >= 0.3 is 0 Å². The van der Waals surface area contributed by atoms with Gasteiger partial charge in [0, 0.05) is 11.6 Å². The van der Waals surface area contributed by atoms with Crippen molar-refractivity contribution in [1.82, 2.24) is 4.90 Å². The minimum atomic E-state index is -3.44. The van der Waals surface area contributed by atoms with Gasteiger partial charge in [0.05, 0.1) is 5.75 Å². The summed E-state index contributed by atoms with van der Waals surface area (Å²) in [6.45, 7) is 6.66. The monoisotopic (exact) mass is 301 g/mol. The van der Waals surface area contributed by atoms with Crippen molar-refractivity contribution in [1.29, 1.82) is 0 Å². The molecule has 0 unspecified atom stereocenters. The van der Waals surface area contributed by atoms with E-state index < -0.39 is 32.6 Å². The predicted molar refractivity (Wildman–Crippen MR) is 72.4 cm³/mol. The molecule has 20 heavy (non-hydrogen) atoms. The average molecular weight is 301 g/mol. The molecule has 2 heterocycles. The van der Waals surface area contributed by atoms with Crippen molar-refractivity contribution in [2.75, 3.05) is 12.4 Å². The first kappa shape index (κ1) is 15.2. The lowest BCUT2D eigenvalue weighted by atomic mass is 9.91. The van der Waals surface area contributed by atoms with Gasteiger partial charge in [-0.3, -0.25) is 14.5 Å². The van der Waals surface area contributed by atoms with Gasteiger partial charge in [0.2, 0.25) is 0 Å². The number of amides is 1. The van der Waals surface area contributed by atoms with Crippen LogP contribution < -0.4 is 0 Å². The van der Waals surface area contributed by atoms with Crippen LogP contribution in [0.15, 0.2) is 11.8 Å². The van der Waals surface area contributed by atoms with Crippen LogP contribution in [-0.2, 0) is 24.2 Å². The van der Waals surface area contributed by atoms with Crippen molar-refractivity contribution in [3.8, 4) is 0 Å². The van der Waals surface area contributed by atoms with Gasteiger partial charge in [-0.2, -0.15) is 0 Å². The van der Waals surface area contributed by atoms with E-state index in [1.807, 2.05) is 0 Å². The third-order valence-electron chi connectivity index (χ3n) is 3.42. The molecule has 2 atom stereocenters. The van der Waals surface area contributed by atoms with E-state index in [1.165, 1.54) is 4.90 Å². The van der Waals surface area contributed by atoms with E-state index in [9.17, 15) is 18.0 Å². The van der Waals surface area contributed by atoms with Gasteiger partial charge in [0.1, 0.15) is 6.61 Å². The van der Waals surface area contributed by atoms with E-state index in [1.54, 1.807) is 33.9 Å². The largest absolute Gasteiger partial charge is 0.357 e. The smallest absolute Gasteiger partial charge is 0.260 e. The van der Waals surface area contributed by atoms with Gasteiger partial charge in [-0.15, -0.1) is 0 Å². The molecule has 0 N–H and O–H groups in total. The number of sulfone groups is 1. The molecule has 2 aliphatic heterocycles. The van der Waals surface area contributed by atoms with Gasteiger partial charge in [-0.25, -0.2) is 8.42 Å². The number of β-lactam (4-membered cyclic amide) rings is 1. The minimum Gasteiger partial charge on any atom is -0.357 e. The van der Waals surface area contributed by atoms with Gasteiger partial charge in [0.25, 0.3) is 5.91 Å². The Labute approximate surface area is 118 Å². The highest BCUT2D eigenvalue weighted by atomic mass is 32.2. The summed E-state index contributed by atoms with van der Waals surface area (Å²) < 4.78 is 29.4. The molecule has 0 spiro atoms. The Kier molecular flexibility index (Phi) is 3.54. The van der Waals surface area contributed by atoms with E-state index in [2.05, 4.69) is 0 Å². The number of rotatable bonds is 3. The lowest BCUT2D eigenvalue weighted by molar-refractivity contribution is -0.163. The first-order valence-electron chi connectivity index (χ1n) is 6.40. The molecule has 0 bridgehead atoms. The van der Waals surface area contributed by atoms with Crippen LogP contribution in [0.1, 0.15) is 27.7 Å². The van der Waals surface area contributed by atoms with Crippen LogP contribution in [0.2, 0.25) is 0 Å². The predicted octanol–water partition coefficient (Wildman–Crippen LogP) is 0.487. The molecule has 1 fully saturated rings. The zero-order chi connectivity index (χ0) is 15.3. The van der Waals surface area contributed by atoms with E-state index in [-0.39, 0.29) is 18.1 Å². The molecule has 7 heteroatoms. The van der Waals surface area contributed by atoms with E-state index in [4.69, 9.17) is 4.74 Å². The highest BCUT2D eigenvalue weighted by Crippen LogP contribution is 2.33. The number of carbonyl (C=O) groups is 2. The molecular weight excluding hydrogens is 282 g/mol. The minimum absolute atomic E-state index is 0.0749. The average Bonchev–Trinajstić information content (AvgIpc) is 2.27. The number of fused-ring (bicyclic) bond motifs is 1. The third kappa shape index (κ3) is 2.52. The number of hydrogen-bond donors (Lipinski definition) is 0. The molecule has 0 aromatic heterocycles. The Balaban J connectivity index is 2.09. The zero-order valence-electron chi connectivity index (χ0n) is 12.0. The highest BCUT2D eigenvalue weighted by molar-refractivity contribution is 7.92. The summed E-state index contributed by atoms with van der Waals surface area (Å²) in [5.74, 6) is -0.642. The summed E-state index contributed by atoms with van der Waals surface area (Å²) in [4.78, 5) is 24.8. The molecule has 0 aromatic carbocycles. The molecule has 2 aliphatic rings. The van der Waals surface area contributed by atoms with Crippen molar-refractivity contribution < 1.29 is 22.7 Å². The Bertz CT molecular complexity index is 584. The van der Waals surface area contributed by atoms with E-state index >= 15 is 0 Å². The summed E-state index contributed by atoms with van der Waals surface area (Å²) in [7, 11) is -3.44. The summed E-state index contributed by atoms with van der Waals surface area (Å²) in [6, 6.07) is 0. The Morgan fingerprint density at radius 1 is 1.45 bits per heavy atom. The highest BCUT2D eigenvalue weighted by Gasteiger charge is 2.56. The summed E-state index contributed by atoms with van der Waals surface area (Å²) >= 11 is 0. The van der Waals surface area contributed by atoms with Gasteiger partial charge < -0.3 is 4.74 Å². The van der Waals surface area contributed by atoms with Gasteiger partial charge in [-0.1, -0.05) is 20.8 Å². The normalized spacial score (nSPS) is 28.5. The Morgan fingerprint density at radius 3 is 2.60 bits per heavy atom. The number of Topliss-reactive ketones (excluding diaryl/α,β-unsaturated/α-hetero) is 1. The number of hydrogen-bond acceptors (Lipinski definition) is 5. The van der Waals surface area contributed by atoms with Crippen molar-refractivity contribution in [2.24, 2.45) is 5.41 Å². The Hall–Kier alpha value is -1.21. The van der Waals surface area contributed by atoms with E-state index in [0.29, 0.717) is 5.57 Å². The van der Waals surface area contributed by atoms with Gasteiger partial charge in [0.15, 0.2) is 27.1 Å². The first-order chi connectivity index (χ1) is 9.04. The van der Waals surface area contributed by atoms with E-state index in [0.717, 1.165) is 0 Å². The standard InChI is InChI=1S/C13H19NO5S/c1-8-5-14-11(16)10(12(14)20(17,18)7-8)19-6-9(15)13(2,3)4/h5,10,12H,6-7H2,1-4H3/t10-,12-/m0/s1. The Morgan fingerprint density at radius 2 is 2.05 bits per heavy atom. The molecule has 6 nitrogen and oxygen atoms in total. The van der Waals surface area contributed by atoms with Crippen LogP contribution in [0, 0.1) is 5.41 Å². The fraction of sp³-hybridized carbons (Fsp3) is 0.692. The first-order valence-corrected chi connectivity index (χ1v) is 8.11. The van der Waals surface area contributed by atoms with Crippen molar-refractivity contribution in [2.45, 2.75) is 39.2 Å². The van der Waals surface area contributed by atoms with Gasteiger partial charge in [-0.05, 0) is 12.5 Å².